The summed E-state index contributed by atoms with van der Waals surface area (Å²) in [4.78, 5) is 4.53. The summed E-state index contributed by atoms with van der Waals surface area (Å²) in [5.41, 5.74) is 3.16. The molecule has 4 N–H and O–H groups in total. The summed E-state index contributed by atoms with van der Waals surface area (Å²) < 4.78 is 27.4. The molecule has 2 aromatic rings. The van der Waals surface area contributed by atoms with E-state index >= 15 is 0 Å². The minimum Gasteiger partial charge on any atom is -0.308 e. The van der Waals surface area contributed by atoms with Crippen LogP contribution < -0.4 is 16.0 Å². The standard InChI is InChI=1S/C14H18N4O2S/c1-9-6-11(7-9)18-21(19,20)12-3-4-13-10(8-12)2-5-14(16-13)17-15/h2-5,8-9,11,18H,6-7,15H2,1H3,(H,16,17). The molecule has 21 heavy (non-hydrogen) atoms. The summed E-state index contributed by atoms with van der Waals surface area (Å²) in [6.45, 7) is 2.12. The fraction of sp³-hybridized carbons (Fsp3) is 0.357. The van der Waals surface area contributed by atoms with Crippen LogP contribution in [-0.4, -0.2) is 19.4 Å². The summed E-state index contributed by atoms with van der Waals surface area (Å²) >= 11 is 0. The van der Waals surface area contributed by atoms with Gasteiger partial charge in [0.15, 0.2) is 0 Å². The van der Waals surface area contributed by atoms with Gasteiger partial charge < -0.3 is 5.43 Å². The lowest BCUT2D eigenvalue weighted by atomic mass is 9.83. The van der Waals surface area contributed by atoms with Crippen LogP contribution in [0.2, 0.25) is 0 Å². The minimum absolute atomic E-state index is 0.0580. The van der Waals surface area contributed by atoms with Crippen LogP contribution in [-0.2, 0) is 10.0 Å². The van der Waals surface area contributed by atoms with Gasteiger partial charge in [-0.15, -0.1) is 0 Å². The van der Waals surface area contributed by atoms with Crippen molar-refractivity contribution in [2.75, 3.05) is 5.43 Å². The van der Waals surface area contributed by atoms with E-state index < -0.39 is 10.0 Å². The number of nitrogens with two attached hydrogens (primary N) is 1. The molecule has 0 amide bonds. The number of fused-ring (bicyclic) bond motifs is 1. The van der Waals surface area contributed by atoms with E-state index in [1.165, 1.54) is 0 Å². The van der Waals surface area contributed by atoms with Crippen molar-refractivity contribution in [3.05, 3.63) is 30.3 Å². The Balaban J connectivity index is 1.89. The Morgan fingerprint density at radius 1 is 1.24 bits per heavy atom. The normalized spacial score (nSPS) is 22.0. The van der Waals surface area contributed by atoms with Crippen LogP contribution in [0.3, 0.4) is 0 Å². The topological polar surface area (TPSA) is 97.1 Å². The number of anilines is 1. The molecule has 0 saturated heterocycles. The van der Waals surface area contributed by atoms with E-state index in [1.54, 1.807) is 30.3 Å². The number of sulfonamides is 1. The second-order valence-corrected chi connectivity index (χ2v) is 7.30. The number of aromatic nitrogens is 1. The Morgan fingerprint density at radius 2 is 2.00 bits per heavy atom. The van der Waals surface area contributed by atoms with Crippen LogP contribution in [0.1, 0.15) is 19.8 Å². The number of pyridine rings is 1. The van der Waals surface area contributed by atoms with E-state index in [1.807, 2.05) is 0 Å². The molecule has 6 nitrogen and oxygen atoms in total. The molecule has 112 valence electrons. The van der Waals surface area contributed by atoms with Crippen LogP contribution in [0, 0.1) is 5.92 Å². The summed E-state index contributed by atoms with van der Waals surface area (Å²) in [7, 11) is -3.47. The van der Waals surface area contributed by atoms with Gasteiger partial charge in [0.25, 0.3) is 0 Å². The van der Waals surface area contributed by atoms with E-state index in [-0.39, 0.29) is 10.9 Å². The van der Waals surface area contributed by atoms with Gasteiger partial charge in [-0.3, -0.25) is 0 Å². The average Bonchev–Trinajstić information content (AvgIpc) is 2.44. The van der Waals surface area contributed by atoms with Crippen molar-refractivity contribution >= 4 is 26.7 Å². The highest BCUT2D eigenvalue weighted by Gasteiger charge is 2.29. The minimum atomic E-state index is -3.47. The van der Waals surface area contributed by atoms with Gasteiger partial charge in [-0.1, -0.05) is 6.92 Å². The predicted octanol–water partition coefficient (Wildman–Crippen LogP) is 1.60. The molecule has 1 aliphatic carbocycles. The fourth-order valence-corrected chi connectivity index (χ4v) is 3.93. The summed E-state index contributed by atoms with van der Waals surface area (Å²) in [5, 5.41) is 0.763. The van der Waals surface area contributed by atoms with E-state index in [0.29, 0.717) is 17.3 Å². The van der Waals surface area contributed by atoms with Crippen molar-refractivity contribution in [2.45, 2.75) is 30.7 Å². The molecule has 1 heterocycles. The van der Waals surface area contributed by atoms with Gasteiger partial charge in [-0.2, -0.15) is 0 Å². The second kappa shape index (κ2) is 5.25. The Bertz CT molecular complexity index is 770. The number of hydrogen-bond acceptors (Lipinski definition) is 5. The first-order chi connectivity index (χ1) is 9.98. The molecule has 1 fully saturated rings. The van der Waals surface area contributed by atoms with Crippen molar-refractivity contribution in [3.8, 4) is 0 Å². The lowest BCUT2D eigenvalue weighted by Gasteiger charge is -2.32. The largest absolute Gasteiger partial charge is 0.308 e. The zero-order valence-electron chi connectivity index (χ0n) is 11.7. The third-order valence-electron chi connectivity index (χ3n) is 3.81. The molecular formula is C14H18N4O2S. The van der Waals surface area contributed by atoms with Gasteiger partial charge in [-0.25, -0.2) is 24.0 Å². The zero-order valence-corrected chi connectivity index (χ0v) is 12.5. The van der Waals surface area contributed by atoms with Crippen molar-refractivity contribution in [2.24, 2.45) is 11.8 Å². The molecule has 0 aliphatic heterocycles. The number of benzene rings is 1. The summed E-state index contributed by atoms with van der Waals surface area (Å²) in [6, 6.07) is 8.45. The predicted molar refractivity (Wildman–Crippen MR) is 82.1 cm³/mol. The van der Waals surface area contributed by atoms with Gasteiger partial charge in [0.2, 0.25) is 10.0 Å². The molecule has 0 bridgehead atoms. The molecule has 0 unspecified atom stereocenters. The van der Waals surface area contributed by atoms with E-state index in [2.05, 4.69) is 22.1 Å². The first-order valence-electron chi connectivity index (χ1n) is 6.88. The van der Waals surface area contributed by atoms with E-state index in [9.17, 15) is 8.42 Å². The summed E-state index contributed by atoms with van der Waals surface area (Å²) in [6.07, 6.45) is 1.81. The third-order valence-corrected chi connectivity index (χ3v) is 5.33. The summed E-state index contributed by atoms with van der Waals surface area (Å²) in [5.74, 6) is 6.45. The first-order valence-corrected chi connectivity index (χ1v) is 8.36. The van der Waals surface area contributed by atoms with Crippen LogP contribution in [0.25, 0.3) is 10.9 Å². The molecular weight excluding hydrogens is 288 g/mol. The van der Waals surface area contributed by atoms with Crippen LogP contribution in [0.15, 0.2) is 35.2 Å². The number of hydrogen-bond donors (Lipinski definition) is 3. The van der Waals surface area contributed by atoms with Gasteiger partial charge in [-0.05, 0) is 49.1 Å². The molecule has 7 heteroatoms. The maximum atomic E-state index is 12.3. The Morgan fingerprint density at radius 3 is 2.67 bits per heavy atom. The average molecular weight is 306 g/mol. The highest BCUT2D eigenvalue weighted by molar-refractivity contribution is 7.89. The quantitative estimate of drug-likeness (QED) is 0.589. The maximum Gasteiger partial charge on any atom is 0.240 e. The first kappa shape index (κ1) is 14.2. The Hall–Kier alpha value is -1.70. The molecule has 3 rings (SSSR count). The van der Waals surface area contributed by atoms with Crippen molar-refractivity contribution in [3.63, 3.8) is 0 Å². The highest BCUT2D eigenvalue weighted by Crippen LogP contribution is 2.28. The number of nitrogens with zero attached hydrogens (tertiary/aromatic N) is 1. The van der Waals surface area contributed by atoms with Gasteiger partial charge in [0.1, 0.15) is 5.82 Å². The van der Waals surface area contributed by atoms with Crippen molar-refractivity contribution < 1.29 is 8.42 Å². The van der Waals surface area contributed by atoms with Crippen LogP contribution in [0.5, 0.6) is 0 Å². The molecule has 1 aromatic carbocycles. The second-order valence-electron chi connectivity index (χ2n) is 5.59. The molecule has 1 aromatic heterocycles. The van der Waals surface area contributed by atoms with Gasteiger partial charge >= 0.3 is 0 Å². The SMILES string of the molecule is CC1CC(NS(=O)(=O)c2ccc3nc(NN)ccc3c2)C1. The van der Waals surface area contributed by atoms with E-state index in [0.717, 1.165) is 18.2 Å². The smallest absolute Gasteiger partial charge is 0.240 e. The van der Waals surface area contributed by atoms with Gasteiger partial charge in [0, 0.05) is 11.4 Å². The lowest BCUT2D eigenvalue weighted by molar-refractivity contribution is 0.270. The monoisotopic (exact) mass is 306 g/mol. The van der Waals surface area contributed by atoms with Crippen molar-refractivity contribution in [1.29, 1.82) is 0 Å². The number of rotatable bonds is 4. The number of nitrogens with one attached hydrogen (secondary N) is 2. The fourth-order valence-electron chi connectivity index (χ4n) is 2.64. The molecule has 0 spiro atoms. The molecule has 0 atom stereocenters. The van der Waals surface area contributed by atoms with E-state index in [4.69, 9.17) is 5.84 Å². The maximum absolute atomic E-state index is 12.3. The molecule has 0 radical (unpaired) electrons. The Labute approximate surface area is 123 Å². The number of hydrazine groups is 1. The third kappa shape index (κ3) is 2.85. The van der Waals surface area contributed by atoms with Crippen molar-refractivity contribution in [1.82, 2.24) is 9.71 Å². The highest BCUT2D eigenvalue weighted by atomic mass is 32.2. The zero-order chi connectivity index (χ0) is 15.0. The van der Waals surface area contributed by atoms with Gasteiger partial charge in [0.05, 0.1) is 10.4 Å². The molecule has 1 aliphatic rings. The van der Waals surface area contributed by atoms with Crippen LogP contribution >= 0.6 is 0 Å². The lowest BCUT2D eigenvalue weighted by Crippen LogP contribution is -2.43. The Kier molecular flexibility index (Phi) is 3.56. The van der Waals surface area contributed by atoms with Crippen LogP contribution in [0.4, 0.5) is 5.82 Å². The molecule has 1 saturated carbocycles. The number of nitrogen functional groups attached to an aromatic ring is 1.